The number of nitrogens with two attached hydrogens (primary N) is 1. The summed E-state index contributed by atoms with van der Waals surface area (Å²) in [5.41, 5.74) is 11.9. The smallest absolute Gasteiger partial charge is 0.131 e. The van der Waals surface area contributed by atoms with Crippen LogP contribution in [0.3, 0.4) is 0 Å². The molecule has 0 spiro atoms. The number of nitrogen functional groups attached to an aromatic ring is 1. The zero-order chi connectivity index (χ0) is 13.4. The van der Waals surface area contributed by atoms with Gasteiger partial charge in [0.2, 0.25) is 0 Å². The van der Waals surface area contributed by atoms with Crippen molar-refractivity contribution in [3.8, 4) is 17.0 Å². The maximum absolute atomic E-state index is 6.02. The highest BCUT2D eigenvalue weighted by atomic mass is 16.5. The molecular formula is C14H19N3O. The Bertz CT molecular complexity index is 600. The van der Waals surface area contributed by atoms with Crippen molar-refractivity contribution in [2.75, 3.05) is 12.8 Å². The zero-order valence-electron chi connectivity index (χ0n) is 11.5. The van der Waals surface area contributed by atoms with E-state index in [4.69, 9.17) is 10.5 Å². The van der Waals surface area contributed by atoms with Gasteiger partial charge in [-0.05, 0) is 37.5 Å². The van der Waals surface area contributed by atoms with Crippen LogP contribution in [0.5, 0.6) is 5.75 Å². The zero-order valence-corrected chi connectivity index (χ0v) is 11.5. The van der Waals surface area contributed by atoms with Crippen LogP contribution in [0, 0.1) is 20.8 Å². The van der Waals surface area contributed by atoms with Gasteiger partial charge in [0.25, 0.3) is 0 Å². The molecule has 0 saturated heterocycles. The molecule has 96 valence electrons. The van der Waals surface area contributed by atoms with Crippen LogP contribution < -0.4 is 10.5 Å². The summed E-state index contributed by atoms with van der Waals surface area (Å²) in [5, 5.41) is 4.43. The Morgan fingerprint density at radius 1 is 1.22 bits per heavy atom. The largest absolute Gasteiger partial charge is 0.496 e. The van der Waals surface area contributed by atoms with E-state index >= 15 is 0 Å². The van der Waals surface area contributed by atoms with Gasteiger partial charge in [-0.2, -0.15) is 5.10 Å². The van der Waals surface area contributed by atoms with Gasteiger partial charge in [0.15, 0.2) is 0 Å². The number of hydrogen-bond donors (Lipinski definition) is 1. The first-order valence-corrected chi connectivity index (χ1v) is 5.90. The van der Waals surface area contributed by atoms with E-state index in [0.29, 0.717) is 5.69 Å². The normalized spacial score (nSPS) is 10.7. The van der Waals surface area contributed by atoms with Crippen molar-refractivity contribution in [3.63, 3.8) is 0 Å². The number of aryl methyl sites for hydroxylation is 3. The number of rotatable bonds is 2. The van der Waals surface area contributed by atoms with E-state index < -0.39 is 0 Å². The van der Waals surface area contributed by atoms with E-state index in [1.54, 1.807) is 11.8 Å². The summed E-state index contributed by atoms with van der Waals surface area (Å²) < 4.78 is 7.27. The van der Waals surface area contributed by atoms with Crippen molar-refractivity contribution in [2.45, 2.75) is 20.8 Å². The van der Waals surface area contributed by atoms with Gasteiger partial charge in [0, 0.05) is 18.8 Å². The van der Waals surface area contributed by atoms with Crippen molar-refractivity contribution < 1.29 is 4.74 Å². The Morgan fingerprint density at radius 2 is 1.89 bits per heavy atom. The second kappa shape index (κ2) is 4.37. The predicted octanol–water partition coefficient (Wildman–Crippen LogP) is 2.60. The third kappa shape index (κ3) is 1.83. The molecule has 0 unspecified atom stereocenters. The quantitative estimate of drug-likeness (QED) is 0.884. The molecule has 2 rings (SSSR count). The maximum atomic E-state index is 6.02. The third-order valence-corrected chi connectivity index (χ3v) is 3.28. The topological polar surface area (TPSA) is 53.1 Å². The summed E-state index contributed by atoms with van der Waals surface area (Å²) in [6.45, 7) is 6.19. The van der Waals surface area contributed by atoms with Crippen LogP contribution in [0.2, 0.25) is 0 Å². The van der Waals surface area contributed by atoms with E-state index in [-0.39, 0.29) is 0 Å². The highest BCUT2D eigenvalue weighted by molar-refractivity contribution is 5.81. The van der Waals surface area contributed by atoms with Crippen LogP contribution in [0.1, 0.15) is 16.7 Å². The number of aromatic nitrogens is 2. The second-order valence-electron chi connectivity index (χ2n) is 4.65. The maximum Gasteiger partial charge on any atom is 0.131 e. The van der Waals surface area contributed by atoms with Crippen LogP contribution in [0.25, 0.3) is 11.3 Å². The molecule has 0 fully saturated rings. The van der Waals surface area contributed by atoms with Gasteiger partial charge < -0.3 is 10.5 Å². The van der Waals surface area contributed by atoms with Crippen molar-refractivity contribution in [1.29, 1.82) is 0 Å². The monoisotopic (exact) mass is 245 g/mol. The van der Waals surface area contributed by atoms with Crippen molar-refractivity contribution in [1.82, 2.24) is 9.78 Å². The Balaban J connectivity index is 2.78. The Morgan fingerprint density at radius 3 is 2.39 bits per heavy atom. The first-order valence-electron chi connectivity index (χ1n) is 5.90. The Hall–Kier alpha value is -1.97. The lowest BCUT2D eigenvalue weighted by atomic mass is 9.96. The van der Waals surface area contributed by atoms with Gasteiger partial charge in [0.05, 0.1) is 12.8 Å². The van der Waals surface area contributed by atoms with Gasteiger partial charge in [-0.3, -0.25) is 4.68 Å². The molecule has 0 saturated carbocycles. The molecular weight excluding hydrogens is 226 g/mol. The fourth-order valence-corrected chi connectivity index (χ4v) is 2.30. The first-order chi connectivity index (χ1) is 8.45. The average Bonchev–Trinajstić information content (AvgIpc) is 2.62. The molecule has 0 aliphatic carbocycles. The number of methoxy groups -OCH3 is 1. The Kier molecular flexibility index (Phi) is 3.03. The lowest BCUT2D eigenvalue weighted by Gasteiger charge is -2.15. The highest BCUT2D eigenvalue weighted by Crippen LogP contribution is 2.39. The van der Waals surface area contributed by atoms with Crippen molar-refractivity contribution in [2.24, 2.45) is 7.05 Å². The van der Waals surface area contributed by atoms with E-state index in [0.717, 1.165) is 28.1 Å². The van der Waals surface area contributed by atoms with Crippen LogP contribution in [0.4, 0.5) is 5.69 Å². The summed E-state index contributed by atoms with van der Waals surface area (Å²) in [5.74, 6) is 0.859. The molecule has 2 N–H and O–H groups in total. The molecule has 1 aromatic heterocycles. The van der Waals surface area contributed by atoms with Gasteiger partial charge >= 0.3 is 0 Å². The lowest BCUT2D eigenvalue weighted by Crippen LogP contribution is -1.99. The molecule has 0 atom stereocenters. The molecule has 0 bridgehead atoms. The molecule has 1 aromatic carbocycles. The fraction of sp³-hybridized carbons (Fsp3) is 0.357. The molecule has 0 amide bonds. The van der Waals surface area contributed by atoms with E-state index in [9.17, 15) is 0 Å². The number of ether oxygens (including phenoxy) is 1. The minimum absolute atomic E-state index is 0.669. The number of hydrogen-bond acceptors (Lipinski definition) is 3. The van der Waals surface area contributed by atoms with E-state index in [2.05, 4.69) is 31.9 Å². The molecule has 0 aliphatic heterocycles. The second-order valence-corrected chi connectivity index (χ2v) is 4.65. The number of benzene rings is 1. The number of anilines is 1. The SMILES string of the molecule is COc1c(C)c(C)cc(C)c1-c1nn(C)cc1N. The van der Waals surface area contributed by atoms with Crippen LogP contribution in [-0.2, 0) is 7.05 Å². The summed E-state index contributed by atoms with van der Waals surface area (Å²) in [6.07, 6.45) is 1.81. The molecule has 2 aromatic rings. The van der Waals surface area contributed by atoms with Crippen molar-refractivity contribution in [3.05, 3.63) is 29.0 Å². The molecule has 4 nitrogen and oxygen atoms in total. The van der Waals surface area contributed by atoms with Gasteiger partial charge in [-0.1, -0.05) is 6.07 Å². The molecule has 1 heterocycles. The standard InChI is InChI=1S/C14H19N3O/c1-8-6-9(2)12(14(18-5)10(8)3)13-11(15)7-17(4)16-13/h6-7H,15H2,1-5H3. The van der Waals surface area contributed by atoms with E-state index in [1.165, 1.54) is 5.56 Å². The minimum atomic E-state index is 0.669. The minimum Gasteiger partial charge on any atom is -0.496 e. The summed E-state index contributed by atoms with van der Waals surface area (Å²) in [6, 6.07) is 2.14. The van der Waals surface area contributed by atoms with Gasteiger partial charge in [-0.25, -0.2) is 0 Å². The molecule has 4 heteroatoms. The molecule has 0 aliphatic rings. The summed E-state index contributed by atoms with van der Waals surface area (Å²) >= 11 is 0. The summed E-state index contributed by atoms with van der Waals surface area (Å²) in [4.78, 5) is 0. The number of nitrogens with zero attached hydrogens (tertiary/aromatic N) is 2. The van der Waals surface area contributed by atoms with Crippen LogP contribution in [0.15, 0.2) is 12.3 Å². The van der Waals surface area contributed by atoms with Crippen LogP contribution in [-0.4, -0.2) is 16.9 Å². The van der Waals surface area contributed by atoms with Gasteiger partial charge in [-0.15, -0.1) is 0 Å². The van der Waals surface area contributed by atoms with Gasteiger partial charge in [0.1, 0.15) is 11.4 Å². The predicted molar refractivity (Wildman–Crippen MR) is 73.8 cm³/mol. The van der Waals surface area contributed by atoms with Crippen molar-refractivity contribution >= 4 is 5.69 Å². The van der Waals surface area contributed by atoms with Crippen LogP contribution >= 0.6 is 0 Å². The van der Waals surface area contributed by atoms with E-state index in [1.807, 2.05) is 13.2 Å². The fourth-order valence-electron chi connectivity index (χ4n) is 2.30. The Labute approximate surface area is 107 Å². The first kappa shape index (κ1) is 12.5. The lowest BCUT2D eigenvalue weighted by molar-refractivity contribution is 0.412. The molecule has 0 radical (unpaired) electrons. The molecule has 18 heavy (non-hydrogen) atoms. The average molecular weight is 245 g/mol. The highest BCUT2D eigenvalue weighted by Gasteiger charge is 2.18. The third-order valence-electron chi connectivity index (χ3n) is 3.28. The summed E-state index contributed by atoms with van der Waals surface area (Å²) in [7, 11) is 3.55.